The number of benzene rings is 3. The fraction of sp³-hybridized carbons (Fsp3) is 0.429. The number of amides is 1. The molecule has 1 amide bonds. The van der Waals surface area contributed by atoms with Gasteiger partial charge in [0, 0.05) is 18.7 Å². The monoisotopic (exact) mass is 591 g/mol. The molecule has 0 spiro atoms. The number of hydrogen-bond acceptors (Lipinski definition) is 6. The highest BCUT2D eigenvalue weighted by atomic mass is 16.5. The van der Waals surface area contributed by atoms with Gasteiger partial charge in [-0.15, -0.1) is 0 Å². The average Bonchev–Trinajstić information content (AvgIpc) is 2.99. The third-order valence-electron chi connectivity index (χ3n) is 7.28. The summed E-state index contributed by atoms with van der Waals surface area (Å²) in [5.74, 6) is 1.81. The molecule has 0 radical (unpaired) electrons. The maximum atomic E-state index is 13.8. The zero-order valence-electron chi connectivity index (χ0n) is 26.3. The molecule has 0 heterocycles. The molecule has 3 aromatic carbocycles. The number of methoxy groups -OCH3 is 2. The van der Waals surface area contributed by atoms with Gasteiger partial charge in [-0.05, 0) is 93.3 Å². The van der Waals surface area contributed by atoms with Crippen LogP contribution >= 0.6 is 0 Å². The molecular formula is C35H45NO7. The fourth-order valence-corrected chi connectivity index (χ4v) is 4.65. The van der Waals surface area contributed by atoms with E-state index in [4.69, 9.17) is 18.9 Å². The Morgan fingerprint density at radius 1 is 0.814 bits per heavy atom. The van der Waals surface area contributed by atoms with Gasteiger partial charge in [0.1, 0.15) is 17.2 Å². The molecule has 3 rings (SSSR count). The van der Waals surface area contributed by atoms with E-state index in [0.29, 0.717) is 53.8 Å². The average molecular weight is 592 g/mol. The van der Waals surface area contributed by atoms with Gasteiger partial charge in [0.2, 0.25) is 0 Å². The highest BCUT2D eigenvalue weighted by Gasteiger charge is 2.30. The van der Waals surface area contributed by atoms with Crippen LogP contribution in [0.5, 0.6) is 28.7 Å². The van der Waals surface area contributed by atoms with Crippen molar-refractivity contribution in [2.45, 2.75) is 71.8 Å². The number of carbonyl (C=O) groups excluding carboxylic acids is 1. The van der Waals surface area contributed by atoms with Crippen LogP contribution in [0, 0.1) is 6.92 Å². The summed E-state index contributed by atoms with van der Waals surface area (Å²) in [7, 11) is 3.23. The molecule has 43 heavy (non-hydrogen) atoms. The van der Waals surface area contributed by atoms with Crippen LogP contribution < -0.4 is 18.9 Å². The first kappa shape index (κ1) is 33.3. The van der Waals surface area contributed by atoms with E-state index in [2.05, 4.69) is 6.92 Å². The van der Waals surface area contributed by atoms with E-state index in [-0.39, 0.29) is 5.91 Å². The summed E-state index contributed by atoms with van der Waals surface area (Å²) in [5, 5.41) is 9.38. The summed E-state index contributed by atoms with van der Waals surface area (Å²) >= 11 is 0. The molecule has 8 heteroatoms. The zero-order valence-corrected chi connectivity index (χ0v) is 26.3. The van der Waals surface area contributed by atoms with Crippen molar-refractivity contribution in [1.29, 1.82) is 0 Å². The third-order valence-corrected chi connectivity index (χ3v) is 7.28. The van der Waals surface area contributed by atoms with Crippen molar-refractivity contribution < 1.29 is 33.6 Å². The highest BCUT2D eigenvalue weighted by molar-refractivity contribution is 5.94. The Hall–Kier alpha value is -4.20. The Balaban J connectivity index is 1.74. The van der Waals surface area contributed by atoms with Gasteiger partial charge in [-0.1, -0.05) is 44.7 Å². The fourth-order valence-electron chi connectivity index (χ4n) is 4.65. The summed E-state index contributed by atoms with van der Waals surface area (Å²) in [4.78, 5) is 27.1. The molecule has 0 saturated carbocycles. The first-order chi connectivity index (χ1) is 20.6. The van der Waals surface area contributed by atoms with Gasteiger partial charge in [-0.25, -0.2) is 4.79 Å². The second-order valence-electron chi connectivity index (χ2n) is 11.1. The second-order valence-corrected chi connectivity index (χ2v) is 11.1. The minimum Gasteiger partial charge on any atom is -0.493 e. The molecule has 0 fully saturated rings. The van der Waals surface area contributed by atoms with Crippen molar-refractivity contribution in [3.8, 4) is 28.7 Å². The molecule has 8 nitrogen and oxygen atoms in total. The van der Waals surface area contributed by atoms with Crippen molar-refractivity contribution in [3.63, 3.8) is 0 Å². The number of carboxylic acid groups (broad SMARTS) is 1. The predicted octanol–water partition coefficient (Wildman–Crippen LogP) is 7.70. The van der Waals surface area contributed by atoms with E-state index in [9.17, 15) is 14.7 Å². The Bertz CT molecular complexity index is 1370. The lowest BCUT2D eigenvalue weighted by Crippen LogP contribution is -2.38. The summed E-state index contributed by atoms with van der Waals surface area (Å²) in [6.07, 6.45) is 6.24. The summed E-state index contributed by atoms with van der Waals surface area (Å²) in [6.45, 7) is 8.28. The van der Waals surface area contributed by atoms with Crippen LogP contribution in [-0.4, -0.2) is 54.8 Å². The van der Waals surface area contributed by atoms with Crippen LogP contribution in [0.15, 0.2) is 60.7 Å². The number of hydrogen-bond donors (Lipinski definition) is 1. The van der Waals surface area contributed by atoms with Crippen LogP contribution in [-0.2, 0) is 11.2 Å². The van der Waals surface area contributed by atoms with Crippen molar-refractivity contribution in [2.24, 2.45) is 0 Å². The van der Waals surface area contributed by atoms with Gasteiger partial charge in [-0.3, -0.25) is 4.79 Å². The molecule has 0 bridgehead atoms. The standard InChI is InChI=1S/C35H45NO7/c1-7-8-9-10-11-20-36(21-19-26-15-17-31(40-5)32(23-26)41-6)33(37)27-13-12-14-28(24-27)42-29-16-18-30(25(2)22-29)43-35(3,4)34(38)39/h12-18,22-24H,7-11,19-21H2,1-6H3,(H,38,39). The van der Waals surface area contributed by atoms with Gasteiger partial charge < -0.3 is 29.0 Å². The topological polar surface area (TPSA) is 94.5 Å². The number of aryl methyl sites for hydroxylation is 1. The first-order valence-corrected chi connectivity index (χ1v) is 14.9. The van der Waals surface area contributed by atoms with E-state index < -0.39 is 11.6 Å². The van der Waals surface area contributed by atoms with Crippen LogP contribution in [0.3, 0.4) is 0 Å². The van der Waals surface area contributed by atoms with Gasteiger partial charge >= 0.3 is 5.97 Å². The molecule has 232 valence electrons. The van der Waals surface area contributed by atoms with Crippen molar-refractivity contribution in [1.82, 2.24) is 4.90 Å². The van der Waals surface area contributed by atoms with Gasteiger partial charge in [-0.2, -0.15) is 0 Å². The quantitative estimate of drug-likeness (QED) is 0.161. The maximum Gasteiger partial charge on any atom is 0.347 e. The summed E-state index contributed by atoms with van der Waals surface area (Å²) in [5.41, 5.74) is 0.998. The van der Waals surface area contributed by atoms with Crippen molar-refractivity contribution in [3.05, 3.63) is 77.4 Å². The van der Waals surface area contributed by atoms with E-state index >= 15 is 0 Å². The second kappa shape index (κ2) is 15.9. The van der Waals surface area contributed by atoms with Crippen LogP contribution in [0.25, 0.3) is 0 Å². The summed E-state index contributed by atoms with van der Waals surface area (Å²) < 4.78 is 22.6. The number of nitrogens with zero attached hydrogens (tertiary/aromatic N) is 1. The molecule has 0 aromatic heterocycles. The molecule has 0 atom stereocenters. The Morgan fingerprint density at radius 2 is 1.51 bits per heavy atom. The van der Waals surface area contributed by atoms with Crippen molar-refractivity contribution >= 4 is 11.9 Å². The lowest BCUT2D eigenvalue weighted by molar-refractivity contribution is -0.152. The normalized spacial score (nSPS) is 11.1. The highest BCUT2D eigenvalue weighted by Crippen LogP contribution is 2.31. The Kier molecular flexibility index (Phi) is 12.3. The number of rotatable bonds is 17. The lowest BCUT2D eigenvalue weighted by Gasteiger charge is -2.24. The molecular weight excluding hydrogens is 546 g/mol. The smallest absolute Gasteiger partial charge is 0.347 e. The number of unbranched alkanes of at least 4 members (excludes halogenated alkanes) is 4. The van der Waals surface area contributed by atoms with Crippen LogP contribution in [0.1, 0.15) is 74.4 Å². The zero-order chi connectivity index (χ0) is 31.4. The third kappa shape index (κ3) is 9.66. The lowest BCUT2D eigenvalue weighted by atomic mass is 10.1. The van der Waals surface area contributed by atoms with Gasteiger partial charge in [0.05, 0.1) is 14.2 Å². The molecule has 0 aliphatic heterocycles. The molecule has 1 N–H and O–H groups in total. The Morgan fingerprint density at radius 3 is 2.19 bits per heavy atom. The minimum atomic E-state index is -1.36. The van der Waals surface area contributed by atoms with Gasteiger partial charge in [0.15, 0.2) is 17.1 Å². The number of ether oxygens (including phenoxy) is 4. The molecule has 0 saturated heterocycles. The predicted molar refractivity (Wildman–Crippen MR) is 168 cm³/mol. The van der Waals surface area contributed by atoms with Crippen LogP contribution in [0.4, 0.5) is 0 Å². The maximum absolute atomic E-state index is 13.8. The molecule has 3 aromatic rings. The first-order valence-electron chi connectivity index (χ1n) is 14.9. The number of carbonyl (C=O) groups is 2. The summed E-state index contributed by atoms with van der Waals surface area (Å²) in [6, 6.07) is 18.2. The van der Waals surface area contributed by atoms with E-state index in [0.717, 1.165) is 30.4 Å². The van der Waals surface area contributed by atoms with E-state index in [1.54, 1.807) is 38.5 Å². The number of aliphatic carboxylic acids is 1. The van der Waals surface area contributed by atoms with Crippen molar-refractivity contribution in [2.75, 3.05) is 27.3 Å². The molecule has 0 unspecified atom stereocenters. The SMILES string of the molecule is CCCCCCCN(CCc1ccc(OC)c(OC)c1)C(=O)c1cccc(Oc2ccc(OC(C)(C)C(=O)O)c(C)c2)c1. The number of carboxylic acids is 1. The molecule has 0 aliphatic carbocycles. The largest absolute Gasteiger partial charge is 0.493 e. The molecule has 0 aliphatic rings. The Labute approximate surface area is 255 Å². The van der Waals surface area contributed by atoms with E-state index in [1.165, 1.54) is 26.7 Å². The van der Waals surface area contributed by atoms with Crippen LogP contribution in [0.2, 0.25) is 0 Å². The minimum absolute atomic E-state index is 0.0442. The van der Waals surface area contributed by atoms with Gasteiger partial charge in [0.25, 0.3) is 5.91 Å². The van der Waals surface area contributed by atoms with E-state index in [1.807, 2.05) is 48.2 Å².